The zero-order chi connectivity index (χ0) is 24.2. The number of carbonyl (C=O) groups excluding carboxylic acids is 2. The Bertz CT molecular complexity index is 1040. The fourth-order valence-corrected chi connectivity index (χ4v) is 5.57. The molecule has 1 atom stereocenters. The quantitative estimate of drug-likeness (QED) is 0.594. The van der Waals surface area contributed by atoms with Gasteiger partial charge >= 0.3 is 5.97 Å². The molecule has 1 aromatic carbocycles. The van der Waals surface area contributed by atoms with Gasteiger partial charge in [-0.25, -0.2) is 9.79 Å². The molecule has 3 aliphatic rings. The lowest BCUT2D eigenvalue weighted by atomic mass is 9.92. The number of benzene rings is 1. The van der Waals surface area contributed by atoms with Crippen molar-refractivity contribution >= 4 is 28.8 Å². The van der Waals surface area contributed by atoms with Gasteiger partial charge in [0, 0.05) is 11.7 Å². The first-order chi connectivity index (χ1) is 16.4. The van der Waals surface area contributed by atoms with Crippen molar-refractivity contribution in [2.24, 2.45) is 4.99 Å². The Hall–Kier alpha value is -2.78. The van der Waals surface area contributed by atoms with Crippen molar-refractivity contribution in [3.05, 3.63) is 52.2 Å². The Morgan fingerprint density at radius 3 is 2.68 bits per heavy atom. The Balaban J connectivity index is 1.64. The van der Waals surface area contributed by atoms with E-state index in [2.05, 4.69) is 17.3 Å². The van der Waals surface area contributed by atoms with Gasteiger partial charge < -0.3 is 24.6 Å². The molecule has 9 heteroatoms. The van der Waals surface area contributed by atoms with Gasteiger partial charge in [-0.3, -0.25) is 4.79 Å². The van der Waals surface area contributed by atoms with Crippen molar-refractivity contribution in [2.75, 3.05) is 34.4 Å². The summed E-state index contributed by atoms with van der Waals surface area (Å²) in [5.41, 5.74) is 2.88. The van der Waals surface area contributed by atoms with Crippen molar-refractivity contribution in [3.8, 4) is 5.75 Å². The van der Waals surface area contributed by atoms with Crippen LogP contribution in [0.1, 0.15) is 44.2 Å². The van der Waals surface area contributed by atoms with Crippen molar-refractivity contribution < 1.29 is 19.1 Å². The first kappa shape index (κ1) is 24.3. The number of piperidine rings is 1. The van der Waals surface area contributed by atoms with Crippen molar-refractivity contribution in [1.82, 2.24) is 15.1 Å². The van der Waals surface area contributed by atoms with E-state index in [4.69, 9.17) is 14.5 Å². The summed E-state index contributed by atoms with van der Waals surface area (Å²) in [4.78, 5) is 35.0. The number of carbonyl (C=O) groups is 2. The standard InChI is InChI=1S/C25H32N4O4S/c1-5-20-22(24(31)33-4)23(16-7-6-8-19(13-16)32-3)29-18(15-34-25(29)27-20)14-21(30)26-17-9-11-28(2)12-10-17/h6-8,13,15,17,23H,5,9-12,14H2,1-4H3,(H,26,30)/t23-/m1/s1. The van der Waals surface area contributed by atoms with E-state index in [1.165, 1.54) is 18.9 Å². The Morgan fingerprint density at radius 2 is 2.00 bits per heavy atom. The third-order valence-electron chi connectivity index (χ3n) is 6.46. The molecule has 0 aromatic heterocycles. The molecule has 3 heterocycles. The van der Waals surface area contributed by atoms with E-state index in [0.717, 1.165) is 42.4 Å². The molecule has 0 aliphatic carbocycles. The molecule has 34 heavy (non-hydrogen) atoms. The van der Waals surface area contributed by atoms with Crippen LogP contribution in [0.25, 0.3) is 0 Å². The number of thioether (sulfide) groups is 1. The molecular weight excluding hydrogens is 452 g/mol. The molecule has 3 aliphatic heterocycles. The number of nitrogens with zero attached hydrogens (tertiary/aromatic N) is 3. The maximum Gasteiger partial charge on any atom is 0.338 e. The summed E-state index contributed by atoms with van der Waals surface area (Å²) in [5, 5.41) is 5.92. The zero-order valence-electron chi connectivity index (χ0n) is 20.2. The smallest absolute Gasteiger partial charge is 0.338 e. The molecule has 0 bridgehead atoms. The van der Waals surface area contributed by atoms with Crippen LogP contribution in [-0.4, -0.2) is 67.2 Å². The van der Waals surface area contributed by atoms with E-state index in [1.807, 2.05) is 41.5 Å². The number of nitrogens with one attached hydrogen (secondary N) is 1. The Labute approximate surface area is 205 Å². The molecule has 0 spiro atoms. The van der Waals surface area contributed by atoms with Gasteiger partial charge in [0.05, 0.1) is 38.0 Å². The van der Waals surface area contributed by atoms with Crippen LogP contribution in [0.2, 0.25) is 0 Å². The highest BCUT2D eigenvalue weighted by molar-refractivity contribution is 8.16. The lowest BCUT2D eigenvalue weighted by Gasteiger charge is -2.37. The molecule has 1 N–H and O–H groups in total. The van der Waals surface area contributed by atoms with Gasteiger partial charge in [0.1, 0.15) is 5.75 Å². The normalized spacial score (nSPS) is 21.1. The van der Waals surface area contributed by atoms with Gasteiger partial charge in [-0.15, -0.1) is 0 Å². The van der Waals surface area contributed by atoms with Gasteiger partial charge in [0.2, 0.25) is 5.91 Å². The number of amidine groups is 1. The van der Waals surface area contributed by atoms with E-state index in [0.29, 0.717) is 23.4 Å². The van der Waals surface area contributed by atoms with E-state index >= 15 is 0 Å². The molecule has 4 rings (SSSR count). The number of hydrogen-bond donors (Lipinski definition) is 1. The number of allylic oxidation sites excluding steroid dienone is 1. The monoisotopic (exact) mass is 484 g/mol. The third-order valence-corrected chi connectivity index (χ3v) is 7.35. The van der Waals surface area contributed by atoms with Crippen molar-refractivity contribution in [2.45, 2.75) is 44.7 Å². The lowest BCUT2D eigenvalue weighted by Crippen LogP contribution is -2.44. The van der Waals surface area contributed by atoms with Crippen LogP contribution >= 0.6 is 11.8 Å². The van der Waals surface area contributed by atoms with E-state index < -0.39 is 12.0 Å². The van der Waals surface area contributed by atoms with E-state index in [1.54, 1.807) is 7.11 Å². The second kappa shape index (κ2) is 10.7. The van der Waals surface area contributed by atoms with Gasteiger partial charge in [0.15, 0.2) is 5.17 Å². The molecular formula is C25H32N4O4S. The highest BCUT2D eigenvalue weighted by Crippen LogP contribution is 2.45. The summed E-state index contributed by atoms with van der Waals surface area (Å²) in [6.07, 6.45) is 2.71. The fraction of sp³-hybridized carbons (Fsp3) is 0.480. The maximum atomic E-state index is 13.0. The lowest BCUT2D eigenvalue weighted by molar-refractivity contribution is -0.136. The summed E-state index contributed by atoms with van der Waals surface area (Å²) in [6.45, 7) is 3.94. The first-order valence-corrected chi connectivity index (χ1v) is 12.5. The van der Waals surface area contributed by atoms with E-state index in [-0.39, 0.29) is 18.4 Å². The fourth-order valence-electron chi connectivity index (χ4n) is 4.64. The number of fused-ring (bicyclic) bond motifs is 1. The summed E-state index contributed by atoms with van der Waals surface area (Å²) >= 11 is 1.48. The van der Waals surface area contributed by atoms with Crippen LogP contribution < -0.4 is 10.1 Å². The Kier molecular flexibility index (Phi) is 7.63. The average Bonchev–Trinajstić information content (AvgIpc) is 3.25. The zero-order valence-corrected chi connectivity index (χ0v) is 21.0. The minimum Gasteiger partial charge on any atom is -0.497 e. The Morgan fingerprint density at radius 1 is 1.24 bits per heavy atom. The number of esters is 1. The van der Waals surface area contributed by atoms with Gasteiger partial charge in [-0.2, -0.15) is 0 Å². The third kappa shape index (κ3) is 5.00. The van der Waals surface area contributed by atoms with Gasteiger partial charge in [0.25, 0.3) is 0 Å². The molecule has 0 radical (unpaired) electrons. The van der Waals surface area contributed by atoms with Crippen LogP contribution in [0.5, 0.6) is 5.75 Å². The topological polar surface area (TPSA) is 83.5 Å². The molecule has 1 saturated heterocycles. The summed E-state index contributed by atoms with van der Waals surface area (Å²) < 4.78 is 10.6. The number of rotatable bonds is 7. The van der Waals surface area contributed by atoms with Crippen LogP contribution in [0.3, 0.4) is 0 Å². The summed E-state index contributed by atoms with van der Waals surface area (Å²) in [7, 11) is 5.10. The molecule has 1 aromatic rings. The highest BCUT2D eigenvalue weighted by atomic mass is 32.2. The minimum absolute atomic E-state index is 0.0167. The molecule has 1 amide bonds. The highest BCUT2D eigenvalue weighted by Gasteiger charge is 2.41. The summed E-state index contributed by atoms with van der Waals surface area (Å²) in [6, 6.07) is 7.39. The molecule has 0 saturated carbocycles. The maximum absolute atomic E-state index is 13.0. The molecule has 8 nitrogen and oxygen atoms in total. The van der Waals surface area contributed by atoms with E-state index in [9.17, 15) is 9.59 Å². The predicted molar refractivity (Wildman–Crippen MR) is 133 cm³/mol. The largest absolute Gasteiger partial charge is 0.497 e. The predicted octanol–water partition coefficient (Wildman–Crippen LogP) is 3.43. The first-order valence-electron chi connectivity index (χ1n) is 11.6. The number of methoxy groups -OCH3 is 2. The number of hydrogen-bond acceptors (Lipinski definition) is 8. The number of amides is 1. The van der Waals surface area contributed by atoms with Crippen LogP contribution in [0.4, 0.5) is 0 Å². The molecule has 0 unspecified atom stereocenters. The van der Waals surface area contributed by atoms with Gasteiger partial charge in [-0.05, 0) is 62.5 Å². The number of likely N-dealkylation sites (tertiary alicyclic amines) is 1. The minimum atomic E-state index is -0.456. The SMILES string of the molecule is CCC1=C(C(=O)OC)[C@@H](c2cccc(OC)c2)N2C(CC(=O)NC3CCN(C)CC3)=CSC2=N1. The molecule has 1 fully saturated rings. The van der Waals surface area contributed by atoms with Crippen LogP contribution in [-0.2, 0) is 14.3 Å². The second-order valence-electron chi connectivity index (χ2n) is 8.70. The van der Waals surface area contributed by atoms with Crippen LogP contribution in [0, 0.1) is 0 Å². The van der Waals surface area contributed by atoms with Gasteiger partial charge in [-0.1, -0.05) is 30.8 Å². The van der Waals surface area contributed by atoms with Crippen molar-refractivity contribution in [3.63, 3.8) is 0 Å². The molecule has 182 valence electrons. The number of aliphatic imine (C=N–C) groups is 1. The number of ether oxygens (including phenoxy) is 2. The van der Waals surface area contributed by atoms with Crippen molar-refractivity contribution in [1.29, 1.82) is 0 Å². The van der Waals surface area contributed by atoms with Crippen LogP contribution in [0.15, 0.2) is 51.6 Å². The second-order valence-corrected chi connectivity index (χ2v) is 9.53. The summed E-state index contributed by atoms with van der Waals surface area (Å²) in [5.74, 6) is 0.262. The average molecular weight is 485 g/mol.